The fraction of sp³-hybridized carbons (Fsp3) is 0.300. The lowest BCUT2D eigenvalue weighted by Gasteiger charge is -2.35. The lowest BCUT2D eigenvalue weighted by Crippen LogP contribution is -2.44. The van der Waals surface area contributed by atoms with Crippen molar-refractivity contribution in [2.45, 2.75) is 32.4 Å². The number of amides is 1. The van der Waals surface area contributed by atoms with Crippen LogP contribution in [-0.2, 0) is 22.6 Å². The highest BCUT2D eigenvalue weighted by Gasteiger charge is 2.28. The molecular weight excluding hydrogens is 318 g/mol. The zero-order valence-corrected chi connectivity index (χ0v) is 14.0. The number of carbonyl (C=O) groups excluding carboxylic acids is 2. The summed E-state index contributed by atoms with van der Waals surface area (Å²) in [5.41, 5.74) is 3.52. The number of esters is 1. The number of benzene rings is 2. The maximum atomic E-state index is 12.8. The van der Waals surface area contributed by atoms with Crippen LogP contribution in [0.1, 0.15) is 34.8 Å². The molecule has 1 atom stereocenters. The fourth-order valence-electron chi connectivity index (χ4n) is 3.47. The van der Waals surface area contributed by atoms with Crippen LogP contribution in [-0.4, -0.2) is 24.5 Å². The van der Waals surface area contributed by atoms with Crippen molar-refractivity contribution in [1.82, 2.24) is 0 Å². The summed E-state index contributed by atoms with van der Waals surface area (Å²) in [6, 6.07) is 13.3. The molecule has 0 spiro atoms. The minimum absolute atomic E-state index is 0.0630. The fourth-order valence-corrected chi connectivity index (χ4v) is 3.47. The van der Waals surface area contributed by atoms with Gasteiger partial charge in [-0.25, -0.2) is 4.79 Å². The molecule has 2 aliphatic rings. The Labute approximate surface area is 146 Å². The van der Waals surface area contributed by atoms with Gasteiger partial charge in [-0.3, -0.25) is 4.79 Å². The summed E-state index contributed by atoms with van der Waals surface area (Å²) >= 11 is 0. The summed E-state index contributed by atoms with van der Waals surface area (Å²) in [6.45, 7) is 2.29. The van der Waals surface area contributed by atoms with Gasteiger partial charge in [0.25, 0.3) is 5.91 Å². The molecule has 5 nitrogen and oxygen atoms in total. The van der Waals surface area contributed by atoms with E-state index in [2.05, 4.69) is 13.0 Å². The van der Waals surface area contributed by atoms with Crippen molar-refractivity contribution in [3.8, 4) is 5.75 Å². The summed E-state index contributed by atoms with van der Waals surface area (Å²) in [7, 11) is 0. The second-order valence-electron chi connectivity index (χ2n) is 6.46. The number of hydrogen-bond acceptors (Lipinski definition) is 4. The molecule has 0 radical (unpaired) electrons. The molecule has 0 fully saturated rings. The first-order valence-electron chi connectivity index (χ1n) is 8.46. The molecule has 128 valence electrons. The number of cyclic esters (lactones) is 1. The topological polar surface area (TPSA) is 55.8 Å². The van der Waals surface area contributed by atoms with Gasteiger partial charge in [-0.2, -0.15) is 0 Å². The normalized spacial score (nSPS) is 18.4. The first-order chi connectivity index (χ1) is 12.1. The number of hydrogen-bond donors (Lipinski definition) is 0. The van der Waals surface area contributed by atoms with E-state index in [-0.39, 0.29) is 24.5 Å². The van der Waals surface area contributed by atoms with E-state index in [1.807, 2.05) is 23.1 Å². The monoisotopic (exact) mass is 337 g/mol. The third-order valence-electron chi connectivity index (χ3n) is 4.81. The van der Waals surface area contributed by atoms with Crippen molar-refractivity contribution in [2.75, 3.05) is 11.5 Å². The van der Waals surface area contributed by atoms with Crippen LogP contribution < -0.4 is 9.64 Å². The smallest absolute Gasteiger partial charge is 0.339 e. The average Bonchev–Trinajstić information content (AvgIpc) is 3.00. The molecule has 2 aromatic carbocycles. The molecule has 1 amide bonds. The Hall–Kier alpha value is -2.82. The molecule has 0 saturated heterocycles. The summed E-state index contributed by atoms with van der Waals surface area (Å²) in [6.07, 6.45) is 1.92. The van der Waals surface area contributed by atoms with E-state index >= 15 is 0 Å². The first kappa shape index (κ1) is 15.7. The Bertz CT molecular complexity index is 845. The van der Waals surface area contributed by atoms with E-state index in [9.17, 15) is 9.59 Å². The van der Waals surface area contributed by atoms with Crippen LogP contribution in [0, 0.1) is 0 Å². The minimum Gasteiger partial charge on any atom is -0.484 e. The van der Waals surface area contributed by atoms with Gasteiger partial charge in [-0.1, -0.05) is 24.3 Å². The van der Waals surface area contributed by atoms with E-state index in [0.717, 1.165) is 24.1 Å². The van der Waals surface area contributed by atoms with Gasteiger partial charge in [0.1, 0.15) is 12.4 Å². The van der Waals surface area contributed by atoms with Gasteiger partial charge in [0.15, 0.2) is 6.61 Å². The lowest BCUT2D eigenvalue weighted by molar-refractivity contribution is -0.121. The maximum Gasteiger partial charge on any atom is 0.339 e. The SMILES string of the molecule is CC1CCc2ccccc2N1C(=O)COc1ccc2c(c1)C(=O)OC2. The van der Waals surface area contributed by atoms with Gasteiger partial charge < -0.3 is 14.4 Å². The Morgan fingerprint density at radius 2 is 2.08 bits per heavy atom. The number of fused-ring (bicyclic) bond motifs is 2. The van der Waals surface area contributed by atoms with E-state index in [0.29, 0.717) is 17.9 Å². The molecule has 0 N–H and O–H groups in total. The van der Waals surface area contributed by atoms with Gasteiger partial charge in [0, 0.05) is 17.3 Å². The van der Waals surface area contributed by atoms with Crippen molar-refractivity contribution < 1.29 is 19.1 Å². The van der Waals surface area contributed by atoms with Crippen molar-refractivity contribution in [2.24, 2.45) is 0 Å². The number of nitrogens with zero attached hydrogens (tertiary/aromatic N) is 1. The highest BCUT2D eigenvalue weighted by atomic mass is 16.5. The summed E-state index contributed by atoms with van der Waals surface area (Å²) < 4.78 is 10.6. The zero-order chi connectivity index (χ0) is 17.4. The molecule has 2 aliphatic heterocycles. The van der Waals surface area contributed by atoms with Crippen LogP contribution in [0.3, 0.4) is 0 Å². The quantitative estimate of drug-likeness (QED) is 0.808. The number of para-hydroxylation sites is 1. The van der Waals surface area contributed by atoms with Crippen LogP contribution in [0.5, 0.6) is 5.75 Å². The van der Waals surface area contributed by atoms with Gasteiger partial charge in [-0.15, -0.1) is 0 Å². The Morgan fingerprint density at radius 3 is 2.96 bits per heavy atom. The highest BCUT2D eigenvalue weighted by Crippen LogP contribution is 2.31. The summed E-state index contributed by atoms with van der Waals surface area (Å²) in [5.74, 6) is 0.0805. The van der Waals surface area contributed by atoms with Crippen LogP contribution in [0.2, 0.25) is 0 Å². The number of rotatable bonds is 3. The lowest BCUT2D eigenvalue weighted by atomic mass is 9.96. The molecule has 0 aromatic heterocycles. The third kappa shape index (κ3) is 2.86. The summed E-state index contributed by atoms with van der Waals surface area (Å²) in [5, 5.41) is 0. The van der Waals surface area contributed by atoms with Crippen molar-refractivity contribution in [3.05, 3.63) is 59.2 Å². The molecule has 0 saturated carbocycles. The molecule has 2 heterocycles. The van der Waals surface area contributed by atoms with Gasteiger partial charge >= 0.3 is 5.97 Å². The molecule has 4 rings (SSSR count). The Balaban J connectivity index is 1.50. The van der Waals surface area contributed by atoms with Gasteiger partial charge in [0.2, 0.25) is 0 Å². The van der Waals surface area contributed by atoms with E-state index < -0.39 is 0 Å². The average molecular weight is 337 g/mol. The Morgan fingerprint density at radius 1 is 1.24 bits per heavy atom. The number of ether oxygens (including phenoxy) is 2. The molecule has 2 aromatic rings. The predicted molar refractivity (Wildman–Crippen MR) is 92.8 cm³/mol. The van der Waals surface area contributed by atoms with Crippen molar-refractivity contribution in [1.29, 1.82) is 0 Å². The molecule has 0 aliphatic carbocycles. The van der Waals surface area contributed by atoms with Crippen LogP contribution >= 0.6 is 0 Å². The molecule has 5 heteroatoms. The van der Waals surface area contributed by atoms with Crippen molar-refractivity contribution in [3.63, 3.8) is 0 Å². The van der Waals surface area contributed by atoms with E-state index in [1.165, 1.54) is 5.56 Å². The predicted octanol–water partition coefficient (Wildman–Crippen LogP) is 3.10. The summed E-state index contributed by atoms with van der Waals surface area (Å²) in [4.78, 5) is 26.2. The largest absolute Gasteiger partial charge is 0.484 e. The highest BCUT2D eigenvalue weighted by molar-refractivity contribution is 5.96. The minimum atomic E-state index is -0.342. The Kier molecular flexibility index (Phi) is 3.92. The molecule has 1 unspecified atom stereocenters. The number of aryl methyl sites for hydroxylation is 1. The van der Waals surface area contributed by atoms with Gasteiger partial charge in [-0.05, 0) is 43.5 Å². The first-order valence-corrected chi connectivity index (χ1v) is 8.46. The van der Waals surface area contributed by atoms with Gasteiger partial charge in [0.05, 0.1) is 5.56 Å². The van der Waals surface area contributed by atoms with Crippen LogP contribution in [0.4, 0.5) is 5.69 Å². The number of anilines is 1. The van der Waals surface area contributed by atoms with Crippen LogP contribution in [0.15, 0.2) is 42.5 Å². The van der Waals surface area contributed by atoms with Crippen molar-refractivity contribution >= 4 is 17.6 Å². The maximum absolute atomic E-state index is 12.8. The molecule has 0 bridgehead atoms. The van der Waals surface area contributed by atoms with E-state index in [1.54, 1.807) is 18.2 Å². The second-order valence-corrected chi connectivity index (χ2v) is 6.46. The second kappa shape index (κ2) is 6.24. The molecule has 25 heavy (non-hydrogen) atoms. The number of carbonyl (C=O) groups is 2. The third-order valence-corrected chi connectivity index (χ3v) is 4.81. The zero-order valence-electron chi connectivity index (χ0n) is 14.0. The molecular formula is C20H19NO4. The van der Waals surface area contributed by atoms with E-state index in [4.69, 9.17) is 9.47 Å². The standard InChI is InChI=1S/C20H19NO4/c1-13-6-7-14-4-2-3-5-18(14)21(13)19(22)12-24-16-9-8-15-11-25-20(23)17(15)10-16/h2-5,8-10,13H,6-7,11-12H2,1H3. The van der Waals surface area contributed by atoms with Crippen LogP contribution in [0.25, 0.3) is 0 Å².